The molecule has 0 amide bonds. The van der Waals surface area contributed by atoms with E-state index < -0.39 is 5.97 Å². The first-order valence-corrected chi connectivity index (χ1v) is 11.9. The summed E-state index contributed by atoms with van der Waals surface area (Å²) >= 11 is 0. The van der Waals surface area contributed by atoms with Gasteiger partial charge in [-0.3, -0.25) is 4.79 Å². The maximum Gasteiger partial charge on any atom is 0.331 e. The number of nitrogens with two attached hydrogens (primary N) is 2. The van der Waals surface area contributed by atoms with E-state index in [0.29, 0.717) is 23.0 Å². The van der Waals surface area contributed by atoms with E-state index in [0.717, 1.165) is 43.2 Å². The molecule has 0 bridgehead atoms. The van der Waals surface area contributed by atoms with Gasteiger partial charge in [0.2, 0.25) is 0 Å². The van der Waals surface area contributed by atoms with Crippen LogP contribution in [0.2, 0.25) is 0 Å². The standard InChI is InChI=1S/C28H34N2O4/c1-2-3-4-5-20-6-11-23(12-7-20)28(32)34-26-13-8-21(9-14-26)10-15-27(31)33-19-22-16-24(29)18-25(30)17-22/h2,8-10,13-18,20,23H,1,3-7,11-12,19,29-30H2/b15-10+. The normalized spacial score (nSPS) is 17.9. The molecule has 0 aliphatic heterocycles. The van der Waals surface area contributed by atoms with E-state index in [4.69, 9.17) is 20.9 Å². The van der Waals surface area contributed by atoms with Gasteiger partial charge in [0.05, 0.1) is 5.92 Å². The second kappa shape index (κ2) is 12.6. The second-order valence-corrected chi connectivity index (χ2v) is 8.88. The maximum absolute atomic E-state index is 12.5. The van der Waals surface area contributed by atoms with E-state index in [1.165, 1.54) is 18.9 Å². The lowest BCUT2D eigenvalue weighted by atomic mass is 9.80. The third-order valence-corrected chi connectivity index (χ3v) is 6.13. The number of hydrogen-bond donors (Lipinski definition) is 2. The van der Waals surface area contributed by atoms with Crippen LogP contribution in [0, 0.1) is 11.8 Å². The van der Waals surface area contributed by atoms with Crippen LogP contribution in [-0.4, -0.2) is 11.9 Å². The summed E-state index contributed by atoms with van der Waals surface area (Å²) in [7, 11) is 0. The minimum atomic E-state index is -0.475. The number of carbonyl (C=O) groups excluding carboxylic acids is 2. The summed E-state index contributed by atoms with van der Waals surface area (Å²) in [6.45, 7) is 3.86. The summed E-state index contributed by atoms with van der Waals surface area (Å²) in [6, 6.07) is 12.1. The Morgan fingerprint density at radius 1 is 1.00 bits per heavy atom. The van der Waals surface area contributed by atoms with Crippen LogP contribution in [0.25, 0.3) is 6.08 Å². The molecule has 6 heteroatoms. The molecule has 34 heavy (non-hydrogen) atoms. The third kappa shape index (κ3) is 8.10. The van der Waals surface area contributed by atoms with Gasteiger partial charge in [0.25, 0.3) is 0 Å². The Bertz CT molecular complexity index is 985. The average Bonchev–Trinajstić information content (AvgIpc) is 2.82. The van der Waals surface area contributed by atoms with E-state index >= 15 is 0 Å². The van der Waals surface area contributed by atoms with Crippen molar-refractivity contribution >= 4 is 29.4 Å². The zero-order chi connectivity index (χ0) is 24.3. The fourth-order valence-corrected chi connectivity index (χ4v) is 4.28. The Balaban J connectivity index is 1.42. The minimum Gasteiger partial charge on any atom is -0.458 e. The summed E-state index contributed by atoms with van der Waals surface area (Å²) in [5.41, 5.74) is 14.1. The van der Waals surface area contributed by atoms with Gasteiger partial charge in [-0.05, 0) is 92.0 Å². The van der Waals surface area contributed by atoms with E-state index in [-0.39, 0.29) is 18.5 Å². The van der Waals surface area contributed by atoms with Gasteiger partial charge in [0, 0.05) is 17.5 Å². The number of nitrogen functional groups attached to an aromatic ring is 2. The number of benzene rings is 2. The van der Waals surface area contributed by atoms with Gasteiger partial charge in [-0.2, -0.15) is 0 Å². The van der Waals surface area contributed by atoms with E-state index in [1.807, 2.05) is 6.08 Å². The Morgan fingerprint density at radius 3 is 2.32 bits per heavy atom. The molecule has 0 saturated heterocycles. The first-order valence-electron chi connectivity index (χ1n) is 11.9. The molecule has 180 valence electrons. The zero-order valence-corrected chi connectivity index (χ0v) is 19.6. The van der Waals surface area contributed by atoms with Gasteiger partial charge in [-0.1, -0.05) is 24.6 Å². The van der Waals surface area contributed by atoms with Crippen molar-refractivity contribution < 1.29 is 19.1 Å². The number of anilines is 2. The predicted molar refractivity (Wildman–Crippen MR) is 136 cm³/mol. The molecule has 0 heterocycles. The molecule has 6 nitrogen and oxygen atoms in total. The molecule has 0 radical (unpaired) electrons. The molecule has 1 aliphatic carbocycles. The van der Waals surface area contributed by atoms with Crippen LogP contribution in [0.4, 0.5) is 11.4 Å². The van der Waals surface area contributed by atoms with Gasteiger partial charge in [-0.15, -0.1) is 6.58 Å². The number of rotatable bonds is 10. The van der Waals surface area contributed by atoms with Gasteiger partial charge in [0.1, 0.15) is 12.4 Å². The Kier molecular flexibility index (Phi) is 9.32. The highest BCUT2D eigenvalue weighted by atomic mass is 16.5. The van der Waals surface area contributed by atoms with Crippen molar-refractivity contribution in [2.24, 2.45) is 11.8 Å². The predicted octanol–water partition coefficient (Wildman–Crippen LogP) is 5.68. The molecular weight excluding hydrogens is 428 g/mol. The molecule has 3 rings (SSSR count). The molecular formula is C28H34N2O4. The quantitative estimate of drug-likeness (QED) is 0.118. The van der Waals surface area contributed by atoms with Gasteiger partial charge < -0.3 is 20.9 Å². The molecule has 0 spiro atoms. The first-order chi connectivity index (χ1) is 16.4. The van der Waals surface area contributed by atoms with Crippen molar-refractivity contribution in [3.63, 3.8) is 0 Å². The van der Waals surface area contributed by atoms with E-state index in [1.54, 1.807) is 48.5 Å². The summed E-state index contributed by atoms with van der Waals surface area (Å²) in [4.78, 5) is 24.5. The van der Waals surface area contributed by atoms with Crippen molar-refractivity contribution in [1.29, 1.82) is 0 Å². The van der Waals surface area contributed by atoms with Crippen LogP contribution in [0.5, 0.6) is 5.75 Å². The Morgan fingerprint density at radius 2 is 1.68 bits per heavy atom. The van der Waals surface area contributed by atoms with Gasteiger partial charge >= 0.3 is 11.9 Å². The van der Waals surface area contributed by atoms with Crippen LogP contribution in [-0.2, 0) is 20.9 Å². The number of hydrogen-bond acceptors (Lipinski definition) is 6. The minimum absolute atomic E-state index is 0.0275. The van der Waals surface area contributed by atoms with Gasteiger partial charge in [0.15, 0.2) is 0 Å². The summed E-state index contributed by atoms with van der Waals surface area (Å²) < 4.78 is 10.8. The smallest absolute Gasteiger partial charge is 0.331 e. The van der Waals surface area contributed by atoms with Crippen LogP contribution in [0.3, 0.4) is 0 Å². The van der Waals surface area contributed by atoms with Crippen LogP contribution in [0.15, 0.2) is 61.2 Å². The highest BCUT2D eigenvalue weighted by Gasteiger charge is 2.27. The molecule has 0 aromatic heterocycles. The van der Waals surface area contributed by atoms with Crippen molar-refractivity contribution in [1.82, 2.24) is 0 Å². The third-order valence-electron chi connectivity index (χ3n) is 6.13. The summed E-state index contributed by atoms with van der Waals surface area (Å²) in [5.74, 6) is 0.568. The largest absolute Gasteiger partial charge is 0.458 e. The van der Waals surface area contributed by atoms with Crippen LogP contribution in [0.1, 0.15) is 56.1 Å². The molecule has 2 aromatic carbocycles. The molecule has 0 atom stereocenters. The van der Waals surface area contributed by atoms with Gasteiger partial charge in [-0.25, -0.2) is 4.79 Å². The highest BCUT2D eigenvalue weighted by Crippen LogP contribution is 2.33. The summed E-state index contributed by atoms with van der Waals surface area (Å²) in [6.07, 6.45) is 12.4. The average molecular weight is 463 g/mol. The Hall–Kier alpha value is -3.54. The molecule has 1 saturated carbocycles. The second-order valence-electron chi connectivity index (χ2n) is 8.88. The lowest BCUT2D eigenvalue weighted by Crippen LogP contribution is -2.25. The number of unbranched alkanes of at least 4 members (excludes halogenated alkanes) is 1. The van der Waals surface area contributed by atoms with Crippen molar-refractivity contribution in [3.8, 4) is 5.75 Å². The van der Waals surface area contributed by atoms with E-state index in [2.05, 4.69) is 6.58 Å². The maximum atomic E-state index is 12.5. The molecule has 1 fully saturated rings. The van der Waals surface area contributed by atoms with Crippen molar-refractivity contribution in [3.05, 3.63) is 72.3 Å². The highest BCUT2D eigenvalue weighted by molar-refractivity contribution is 5.87. The SMILES string of the molecule is C=CCCCC1CCC(C(=O)Oc2ccc(/C=C/C(=O)OCc3cc(N)cc(N)c3)cc2)CC1. The van der Waals surface area contributed by atoms with Crippen molar-refractivity contribution in [2.75, 3.05) is 11.5 Å². The number of allylic oxidation sites excluding steroid dienone is 1. The number of ether oxygens (including phenoxy) is 2. The fraction of sp³-hybridized carbons (Fsp3) is 0.357. The monoisotopic (exact) mass is 462 g/mol. The Labute approximate surface area is 201 Å². The fourth-order valence-electron chi connectivity index (χ4n) is 4.28. The topological polar surface area (TPSA) is 105 Å². The number of esters is 2. The molecule has 1 aliphatic rings. The van der Waals surface area contributed by atoms with Crippen LogP contribution >= 0.6 is 0 Å². The molecule has 2 aromatic rings. The van der Waals surface area contributed by atoms with Crippen molar-refractivity contribution in [2.45, 2.75) is 51.6 Å². The lowest BCUT2D eigenvalue weighted by Gasteiger charge is -2.27. The zero-order valence-electron chi connectivity index (χ0n) is 19.6. The molecule has 0 unspecified atom stereocenters. The number of carbonyl (C=O) groups is 2. The summed E-state index contributed by atoms with van der Waals surface area (Å²) in [5, 5.41) is 0. The van der Waals surface area contributed by atoms with E-state index in [9.17, 15) is 9.59 Å². The van der Waals surface area contributed by atoms with Crippen LogP contribution < -0.4 is 16.2 Å². The molecule has 4 N–H and O–H groups in total. The first kappa shape index (κ1) is 25.1. The lowest BCUT2D eigenvalue weighted by molar-refractivity contribution is -0.140.